The number of carbonyl (C=O) groups is 1. The summed E-state index contributed by atoms with van der Waals surface area (Å²) in [5, 5.41) is 9.88. The molecule has 0 spiro atoms. The quantitative estimate of drug-likeness (QED) is 0.369. The largest absolute Gasteiger partial charge is 0.512 e. The van der Waals surface area contributed by atoms with Gasteiger partial charge in [-0.15, -0.1) is 0 Å². The van der Waals surface area contributed by atoms with Gasteiger partial charge in [-0.2, -0.15) is 0 Å². The van der Waals surface area contributed by atoms with Crippen LogP contribution in [0, 0.1) is 0 Å². The number of unbranched alkanes of at least 4 members (excludes halogenated alkanes) is 4. The van der Waals surface area contributed by atoms with Gasteiger partial charge < -0.3 is 5.11 Å². The summed E-state index contributed by atoms with van der Waals surface area (Å²) in [6.07, 6.45) is 14.4. The molecule has 2 nitrogen and oxygen atoms in total. The van der Waals surface area contributed by atoms with Crippen LogP contribution >= 0.6 is 0 Å². The molecular formula is C20H24O2. The van der Waals surface area contributed by atoms with Gasteiger partial charge in [0, 0.05) is 24.0 Å². The van der Waals surface area contributed by atoms with Crippen LogP contribution in [0.2, 0.25) is 0 Å². The second-order valence-corrected chi connectivity index (χ2v) is 5.68. The van der Waals surface area contributed by atoms with Crippen LogP contribution in [0.3, 0.4) is 0 Å². The van der Waals surface area contributed by atoms with Crippen LogP contribution < -0.4 is 0 Å². The summed E-state index contributed by atoms with van der Waals surface area (Å²) < 4.78 is 0. The third-order valence-corrected chi connectivity index (χ3v) is 3.91. The van der Waals surface area contributed by atoms with E-state index in [0.29, 0.717) is 12.2 Å². The molecule has 0 saturated heterocycles. The molecule has 0 radical (unpaired) electrons. The Morgan fingerprint density at radius 3 is 2.09 bits per heavy atom. The van der Waals surface area contributed by atoms with Gasteiger partial charge in [0.1, 0.15) is 0 Å². The van der Waals surface area contributed by atoms with E-state index in [9.17, 15) is 9.90 Å². The van der Waals surface area contributed by atoms with Gasteiger partial charge in [-0.1, -0.05) is 73.9 Å². The molecule has 0 atom stereocenters. The van der Waals surface area contributed by atoms with Crippen molar-refractivity contribution >= 4 is 5.78 Å². The third kappa shape index (κ3) is 5.36. The number of rotatable bonds is 9. The molecule has 1 aromatic carbocycles. The van der Waals surface area contributed by atoms with Crippen molar-refractivity contribution < 1.29 is 9.90 Å². The van der Waals surface area contributed by atoms with Crippen molar-refractivity contribution in [1.29, 1.82) is 0 Å². The van der Waals surface area contributed by atoms with E-state index < -0.39 is 0 Å². The molecule has 1 aromatic rings. The molecule has 116 valence electrons. The second-order valence-electron chi connectivity index (χ2n) is 5.68. The van der Waals surface area contributed by atoms with E-state index in [-0.39, 0.29) is 5.78 Å². The summed E-state index contributed by atoms with van der Waals surface area (Å²) in [5.74, 6) is 0.729. The number of benzene rings is 1. The van der Waals surface area contributed by atoms with Gasteiger partial charge in [0.25, 0.3) is 0 Å². The Labute approximate surface area is 132 Å². The summed E-state index contributed by atoms with van der Waals surface area (Å²) in [5.41, 5.74) is 1.75. The average molecular weight is 296 g/mol. The Balaban J connectivity index is 1.53. The Morgan fingerprint density at radius 1 is 0.818 bits per heavy atom. The number of aliphatic hydroxyl groups excluding tert-OH is 1. The molecule has 1 aliphatic rings. The number of Topliss-reactive ketones (excluding diaryl/α,β-unsaturated/α-hetero) is 1. The van der Waals surface area contributed by atoms with Crippen molar-refractivity contribution in [3.63, 3.8) is 0 Å². The van der Waals surface area contributed by atoms with Gasteiger partial charge in [0.15, 0.2) is 5.78 Å². The zero-order valence-corrected chi connectivity index (χ0v) is 13.0. The predicted molar refractivity (Wildman–Crippen MR) is 91.0 cm³/mol. The minimum absolute atomic E-state index is 0.239. The number of aliphatic hydroxyl groups is 1. The highest BCUT2D eigenvalue weighted by atomic mass is 16.3. The maximum absolute atomic E-state index is 11.9. The Kier molecular flexibility index (Phi) is 6.69. The highest BCUT2D eigenvalue weighted by Crippen LogP contribution is 2.17. The first-order chi connectivity index (χ1) is 10.8. The number of ketones is 1. The topological polar surface area (TPSA) is 37.3 Å². The molecule has 0 amide bonds. The lowest BCUT2D eigenvalue weighted by Gasteiger charge is -2.04. The lowest BCUT2D eigenvalue weighted by atomic mass is 10.0. The van der Waals surface area contributed by atoms with E-state index in [1.54, 1.807) is 0 Å². The van der Waals surface area contributed by atoms with Crippen molar-refractivity contribution in [3.05, 3.63) is 71.5 Å². The zero-order valence-electron chi connectivity index (χ0n) is 13.0. The standard InChI is InChI=1S/C20H24O2/c21-19(17-11-5-4-6-12-17)15-7-2-1-3-8-16-20(22)18-13-9-10-14-18/h4-6,9-14,22H,1-3,7-8,15-16H2. The van der Waals surface area contributed by atoms with Gasteiger partial charge in [-0.25, -0.2) is 0 Å². The fourth-order valence-corrected chi connectivity index (χ4v) is 2.59. The third-order valence-electron chi connectivity index (χ3n) is 3.91. The smallest absolute Gasteiger partial charge is 0.162 e. The number of hydrogen-bond acceptors (Lipinski definition) is 2. The van der Waals surface area contributed by atoms with E-state index in [1.807, 2.05) is 54.6 Å². The predicted octanol–water partition coefficient (Wildman–Crippen LogP) is 5.54. The molecule has 0 unspecified atom stereocenters. The van der Waals surface area contributed by atoms with Gasteiger partial charge >= 0.3 is 0 Å². The summed E-state index contributed by atoms with van der Waals surface area (Å²) in [4.78, 5) is 11.9. The van der Waals surface area contributed by atoms with Crippen molar-refractivity contribution in [2.24, 2.45) is 0 Å². The SMILES string of the molecule is O=C(CCCCCCCC(O)=C1C=CC=C1)c1ccccc1. The van der Waals surface area contributed by atoms with Gasteiger partial charge in [0.05, 0.1) is 5.76 Å². The minimum Gasteiger partial charge on any atom is -0.512 e. The van der Waals surface area contributed by atoms with Crippen LogP contribution in [0.25, 0.3) is 0 Å². The molecule has 0 aromatic heterocycles. The normalized spacial score (nSPS) is 12.8. The summed E-state index contributed by atoms with van der Waals surface area (Å²) in [6, 6.07) is 9.50. The minimum atomic E-state index is 0.239. The van der Waals surface area contributed by atoms with Gasteiger partial charge in [0.2, 0.25) is 0 Å². The first-order valence-electron chi connectivity index (χ1n) is 8.12. The van der Waals surface area contributed by atoms with E-state index in [1.165, 1.54) is 0 Å². The van der Waals surface area contributed by atoms with Crippen LogP contribution in [-0.2, 0) is 0 Å². The van der Waals surface area contributed by atoms with Crippen molar-refractivity contribution in [3.8, 4) is 0 Å². The zero-order chi connectivity index (χ0) is 15.6. The van der Waals surface area contributed by atoms with E-state index in [2.05, 4.69) is 0 Å². The average Bonchev–Trinajstić information content (AvgIpc) is 3.09. The fraction of sp³-hybridized carbons (Fsp3) is 0.350. The van der Waals surface area contributed by atoms with Crippen LogP contribution in [0.4, 0.5) is 0 Å². The lowest BCUT2D eigenvalue weighted by molar-refractivity contribution is 0.0979. The van der Waals surface area contributed by atoms with Crippen LogP contribution in [0.5, 0.6) is 0 Å². The van der Waals surface area contributed by atoms with Crippen LogP contribution in [0.1, 0.15) is 55.3 Å². The molecule has 0 heterocycles. The number of hydrogen-bond donors (Lipinski definition) is 1. The lowest BCUT2D eigenvalue weighted by Crippen LogP contribution is -1.98. The molecular weight excluding hydrogens is 272 g/mol. The molecule has 0 saturated carbocycles. The summed E-state index contributed by atoms with van der Waals surface area (Å²) in [7, 11) is 0. The maximum Gasteiger partial charge on any atom is 0.162 e. The number of carbonyl (C=O) groups excluding carboxylic acids is 1. The van der Waals surface area contributed by atoms with Crippen LogP contribution in [0.15, 0.2) is 66.0 Å². The Hall–Kier alpha value is -2.09. The molecule has 1 N–H and O–H groups in total. The summed E-state index contributed by atoms with van der Waals surface area (Å²) >= 11 is 0. The van der Waals surface area contributed by atoms with Gasteiger partial charge in [-0.3, -0.25) is 4.79 Å². The molecule has 2 heteroatoms. The van der Waals surface area contributed by atoms with Crippen molar-refractivity contribution in [1.82, 2.24) is 0 Å². The molecule has 1 aliphatic carbocycles. The maximum atomic E-state index is 11.9. The van der Waals surface area contributed by atoms with Crippen LogP contribution in [-0.4, -0.2) is 10.9 Å². The molecule has 0 fully saturated rings. The Morgan fingerprint density at radius 2 is 1.41 bits per heavy atom. The first-order valence-corrected chi connectivity index (χ1v) is 8.12. The highest BCUT2D eigenvalue weighted by Gasteiger charge is 2.05. The number of allylic oxidation sites excluding steroid dienone is 6. The molecule has 2 rings (SSSR count). The monoisotopic (exact) mass is 296 g/mol. The fourth-order valence-electron chi connectivity index (χ4n) is 2.59. The molecule has 22 heavy (non-hydrogen) atoms. The second kappa shape index (κ2) is 9.04. The molecule has 0 aliphatic heterocycles. The van der Waals surface area contributed by atoms with Crippen molar-refractivity contribution in [2.45, 2.75) is 44.9 Å². The van der Waals surface area contributed by atoms with E-state index in [0.717, 1.165) is 49.7 Å². The highest BCUT2D eigenvalue weighted by molar-refractivity contribution is 5.95. The van der Waals surface area contributed by atoms with E-state index in [4.69, 9.17) is 0 Å². The first kappa shape index (κ1) is 16.3. The van der Waals surface area contributed by atoms with Crippen molar-refractivity contribution in [2.75, 3.05) is 0 Å². The Bertz CT molecular complexity index is 551. The van der Waals surface area contributed by atoms with E-state index >= 15 is 0 Å². The molecule has 0 bridgehead atoms. The van der Waals surface area contributed by atoms with Gasteiger partial charge in [-0.05, 0) is 12.8 Å². The summed E-state index contributed by atoms with van der Waals surface area (Å²) in [6.45, 7) is 0.